The van der Waals surface area contributed by atoms with Crippen LogP contribution in [-0.4, -0.2) is 23.2 Å². The molecule has 1 atom stereocenters. The highest BCUT2D eigenvalue weighted by Gasteiger charge is 2.15. The third-order valence-electron chi connectivity index (χ3n) is 2.44. The van der Waals surface area contributed by atoms with Crippen molar-refractivity contribution in [3.8, 4) is 0 Å². The Labute approximate surface area is 114 Å². The van der Waals surface area contributed by atoms with Crippen molar-refractivity contribution >= 4 is 27.5 Å². The van der Waals surface area contributed by atoms with Gasteiger partial charge in [0.25, 0.3) is 5.91 Å². The second-order valence-corrected chi connectivity index (χ2v) is 4.62. The Hall–Kier alpha value is -1.14. The van der Waals surface area contributed by atoms with Gasteiger partial charge in [0, 0.05) is 25.5 Å². The van der Waals surface area contributed by atoms with E-state index in [2.05, 4.69) is 21.2 Å². The molecule has 1 heterocycles. The molecule has 1 aromatic heterocycles. The Balaban J connectivity index is 2.93. The van der Waals surface area contributed by atoms with Crippen LogP contribution in [-0.2, 0) is 16.1 Å². The Bertz CT molecular complexity index is 485. The molecule has 0 spiro atoms. The zero-order valence-electron chi connectivity index (χ0n) is 10.7. The molecule has 0 aliphatic rings. The molecule has 5 nitrogen and oxygen atoms in total. The van der Waals surface area contributed by atoms with Crippen molar-refractivity contribution in [2.24, 2.45) is 0 Å². The molecule has 0 radical (unpaired) electrons. The monoisotopic (exact) mass is 316 g/mol. The number of carbonyl (C=O) groups is 1. The maximum Gasteiger partial charge on any atom is 0.253 e. The smallest absolute Gasteiger partial charge is 0.253 e. The van der Waals surface area contributed by atoms with Crippen LogP contribution in [0.2, 0.25) is 0 Å². The first-order chi connectivity index (χ1) is 8.49. The van der Waals surface area contributed by atoms with Crippen LogP contribution in [0.5, 0.6) is 0 Å². The number of hydrogen-bond acceptors (Lipinski definition) is 3. The number of nitrogens with zero attached hydrogens (tertiary/aromatic N) is 1. The third-order valence-corrected chi connectivity index (χ3v) is 3.01. The summed E-state index contributed by atoms with van der Waals surface area (Å²) in [4.78, 5) is 23.6. The molecule has 0 aromatic carbocycles. The van der Waals surface area contributed by atoms with Gasteiger partial charge in [-0.05, 0) is 36.7 Å². The molecule has 0 bridgehead atoms. The SMILES string of the molecule is CCOC(C)C(=O)Nc1cn(CC)cc(Br)c1=O. The van der Waals surface area contributed by atoms with Crippen molar-refractivity contribution in [2.75, 3.05) is 11.9 Å². The van der Waals surface area contributed by atoms with Crippen LogP contribution >= 0.6 is 15.9 Å². The standard InChI is InChI=1S/C12H17BrN2O3/c1-4-15-6-9(13)11(16)10(7-15)14-12(17)8(3)18-5-2/h6-8H,4-5H2,1-3H3,(H,14,17). The maximum atomic E-state index is 11.8. The molecule has 0 aliphatic heterocycles. The minimum absolute atomic E-state index is 0.239. The predicted molar refractivity (Wildman–Crippen MR) is 73.8 cm³/mol. The van der Waals surface area contributed by atoms with Crippen molar-refractivity contribution in [3.63, 3.8) is 0 Å². The van der Waals surface area contributed by atoms with Crippen molar-refractivity contribution in [3.05, 3.63) is 27.1 Å². The number of pyridine rings is 1. The number of ether oxygens (including phenoxy) is 1. The molecule has 0 saturated carbocycles. The van der Waals surface area contributed by atoms with Gasteiger partial charge in [-0.3, -0.25) is 9.59 Å². The van der Waals surface area contributed by atoms with Crippen LogP contribution in [0.15, 0.2) is 21.7 Å². The molecule has 1 amide bonds. The summed E-state index contributed by atoms with van der Waals surface area (Å²) >= 11 is 3.18. The summed E-state index contributed by atoms with van der Waals surface area (Å²) in [5, 5.41) is 2.58. The minimum atomic E-state index is -0.580. The van der Waals surface area contributed by atoms with E-state index in [4.69, 9.17) is 4.74 Å². The molecule has 6 heteroatoms. The zero-order chi connectivity index (χ0) is 13.7. The number of amides is 1. The first kappa shape index (κ1) is 14.9. The number of nitrogens with one attached hydrogen (secondary N) is 1. The van der Waals surface area contributed by atoms with Gasteiger partial charge in [-0.25, -0.2) is 0 Å². The van der Waals surface area contributed by atoms with E-state index >= 15 is 0 Å². The zero-order valence-corrected chi connectivity index (χ0v) is 12.3. The number of halogens is 1. The average Bonchev–Trinajstić information content (AvgIpc) is 2.34. The molecular formula is C12H17BrN2O3. The highest BCUT2D eigenvalue weighted by Crippen LogP contribution is 2.09. The van der Waals surface area contributed by atoms with Gasteiger partial charge in [0.15, 0.2) is 0 Å². The van der Waals surface area contributed by atoms with Crippen molar-refractivity contribution in [2.45, 2.75) is 33.4 Å². The van der Waals surface area contributed by atoms with Crippen LogP contribution in [0.3, 0.4) is 0 Å². The quantitative estimate of drug-likeness (QED) is 0.903. The molecule has 1 unspecified atom stereocenters. The summed E-state index contributed by atoms with van der Waals surface area (Å²) in [5.74, 6) is -0.324. The van der Waals surface area contributed by atoms with Gasteiger partial charge in [0.05, 0.1) is 4.47 Å². The molecule has 0 saturated heterocycles. The van der Waals surface area contributed by atoms with Crippen LogP contribution in [0.25, 0.3) is 0 Å². The van der Waals surface area contributed by atoms with Gasteiger partial charge in [0.2, 0.25) is 5.43 Å². The highest BCUT2D eigenvalue weighted by atomic mass is 79.9. The van der Waals surface area contributed by atoms with E-state index in [9.17, 15) is 9.59 Å². The lowest BCUT2D eigenvalue weighted by Crippen LogP contribution is -2.30. The number of aromatic nitrogens is 1. The summed E-state index contributed by atoms with van der Waals surface area (Å²) in [6, 6.07) is 0. The fourth-order valence-corrected chi connectivity index (χ4v) is 1.90. The molecule has 1 rings (SSSR count). The van der Waals surface area contributed by atoms with E-state index in [1.54, 1.807) is 19.3 Å². The number of carbonyl (C=O) groups excluding carboxylic acids is 1. The summed E-state index contributed by atoms with van der Waals surface area (Å²) in [7, 11) is 0. The molecule has 0 fully saturated rings. The van der Waals surface area contributed by atoms with E-state index in [0.717, 1.165) is 0 Å². The molecule has 18 heavy (non-hydrogen) atoms. The number of rotatable bonds is 5. The van der Waals surface area contributed by atoms with E-state index in [1.807, 2.05) is 18.4 Å². The third kappa shape index (κ3) is 3.68. The van der Waals surface area contributed by atoms with E-state index < -0.39 is 6.10 Å². The van der Waals surface area contributed by atoms with Crippen molar-refractivity contribution < 1.29 is 9.53 Å². The fraction of sp³-hybridized carbons (Fsp3) is 0.500. The molecule has 1 aromatic rings. The van der Waals surface area contributed by atoms with E-state index in [-0.39, 0.29) is 17.0 Å². The van der Waals surface area contributed by atoms with Gasteiger partial charge in [-0.15, -0.1) is 0 Å². The summed E-state index contributed by atoms with van der Waals surface area (Å²) < 4.78 is 7.40. The van der Waals surface area contributed by atoms with Crippen molar-refractivity contribution in [1.82, 2.24) is 4.57 Å². The van der Waals surface area contributed by atoms with E-state index in [1.165, 1.54) is 0 Å². The Morgan fingerprint density at radius 2 is 2.17 bits per heavy atom. The first-order valence-electron chi connectivity index (χ1n) is 5.81. The van der Waals surface area contributed by atoms with Gasteiger partial charge in [-0.2, -0.15) is 0 Å². The molecule has 1 N–H and O–H groups in total. The lowest BCUT2D eigenvalue weighted by molar-refractivity contribution is -0.126. The van der Waals surface area contributed by atoms with Crippen LogP contribution < -0.4 is 10.7 Å². The second kappa shape index (κ2) is 6.70. The normalized spacial score (nSPS) is 12.2. The summed E-state index contributed by atoms with van der Waals surface area (Å²) in [6.07, 6.45) is 2.72. The predicted octanol–water partition coefficient (Wildman–Crippen LogP) is 1.99. The fourth-order valence-electron chi connectivity index (χ4n) is 1.43. The van der Waals surface area contributed by atoms with Crippen LogP contribution in [0, 0.1) is 0 Å². The van der Waals surface area contributed by atoms with Crippen LogP contribution in [0.1, 0.15) is 20.8 Å². The van der Waals surface area contributed by atoms with Crippen molar-refractivity contribution in [1.29, 1.82) is 0 Å². The van der Waals surface area contributed by atoms with Gasteiger partial charge in [0.1, 0.15) is 11.8 Å². The van der Waals surface area contributed by atoms with Gasteiger partial charge >= 0.3 is 0 Å². The molecule has 100 valence electrons. The minimum Gasteiger partial charge on any atom is -0.369 e. The largest absolute Gasteiger partial charge is 0.369 e. The number of hydrogen-bond donors (Lipinski definition) is 1. The molecule has 0 aliphatic carbocycles. The lowest BCUT2D eigenvalue weighted by atomic mass is 10.3. The first-order valence-corrected chi connectivity index (χ1v) is 6.60. The Morgan fingerprint density at radius 1 is 1.50 bits per heavy atom. The Kier molecular flexibility index (Phi) is 5.55. The maximum absolute atomic E-state index is 11.8. The average molecular weight is 317 g/mol. The van der Waals surface area contributed by atoms with Gasteiger partial charge < -0.3 is 14.6 Å². The van der Waals surface area contributed by atoms with E-state index in [0.29, 0.717) is 17.6 Å². The number of anilines is 1. The second-order valence-electron chi connectivity index (χ2n) is 3.77. The Morgan fingerprint density at radius 3 is 2.72 bits per heavy atom. The van der Waals surface area contributed by atoms with Gasteiger partial charge in [-0.1, -0.05) is 0 Å². The summed E-state index contributed by atoms with van der Waals surface area (Å²) in [5.41, 5.74) is 0.0135. The van der Waals surface area contributed by atoms with Crippen LogP contribution in [0.4, 0.5) is 5.69 Å². The lowest BCUT2D eigenvalue weighted by Gasteiger charge is -2.13. The number of aryl methyl sites for hydroxylation is 1. The molecular weight excluding hydrogens is 300 g/mol. The highest BCUT2D eigenvalue weighted by molar-refractivity contribution is 9.10. The summed E-state index contributed by atoms with van der Waals surface area (Å²) in [6.45, 7) is 6.57. The topological polar surface area (TPSA) is 60.3 Å².